The maximum atomic E-state index is 9.63. The van der Waals surface area contributed by atoms with E-state index in [0.717, 1.165) is 20.2 Å². The van der Waals surface area contributed by atoms with E-state index in [4.69, 9.17) is 4.74 Å². The van der Waals surface area contributed by atoms with Crippen LogP contribution in [0.15, 0.2) is 50.4 Å². The van der Waals surface area contributed by atoms with Gasteiger partial charge in [-0.25, -0.2) is 0 Å². The van der Waals surface area contributed by atoms with Gasteiger partial charge in [0.05, 0.1) is 19.0 Å². The van der Waals surface area contributed by atoms with E-state index in [1.807, 2.05) is 24.3 Å². The lowest BCUT2D eigenvalue weighted by Gasteiger charge is -2.06. The van der Waals surface area contributed by atoms with Crippen LogP contribution in [0.5, 0.6) is 11.5 Å². The lowest BCUT2D eigenvalue weighted by atomic mass is 10.2. The lowest BCUT2D eigenvalue weighted by molar-refractivity contribution is 0.373. The van der Waals surface area contributed by atoms with Gasteiger partial charge < -0.3 is 9.84 Å². The van der Waals surface area contributed by atoms with Gasteiger partial charge in [-0.2, -0.15) is 5.10 Å². The van der Waals surface area contributed by atoms with E-state index in [1.165, 1.54) is 7.11 Å². The number of phenolic OH excluding ortho intramolecular Hbond substituents is 1. The first kappa shape index (κ1) is 14.9. The second-order valence-corrected chi connectivity index (χ2v) is 5.69. The zero-order valence-electron chi connectivity index (χ0n) is 10.6. The first-order valence-corrected chi connectivity index (χ1v) is 7.30. The number of aromatic hydroxyl groups is 1. The standard InChI is InChI=1S/C14H12Br2N2O2/c1-20-14-6-9(12(16)7-13(14)19)8-17-18-11-4-2-10(15)3-5-11/h2-8,18-19H,1H3. The van der Waals surface area contributed by atoms with Gasteiger partial charge in [-0.1, -0.05) is 15.9 Å². The number of halogens is 2. The highest BCUT2D eigenvalue weighted by Gasteiger charge is 2.06. The molecule has 0 bridgehead atoms. The molecule has 20 heavy (non-hydrogen) atoms. The Morgan fingerprint density at radius 1 is 1.20 bits per heavy atom. The number of hydrogen-bond acceptors (Lipinski definition) is 4. The van der Waals surface area contributed by atoms with Crippen LogP contribution in [0.4, 0.5) is 5.69 Å². The van der Waals surface area contributed by atoms with Crippen LogP contribution >= 0.6 is 31.9 Å². The van der Waals surface area contributed by atoms with Crippen molar-refractivity contribution in [2.75, 3.05) is 12.5 Å². The molecule has 0 spiro atoms. The van der Waals surface area contributed by atoms with Gasteiger partial charge in [0, 0.05) is 14.5 Å². The molecule has 0 saturated heterocycles. The molecule has 0 saturated carbocycles. The van der Waals surface area contributed by atoms with Crippen LogP contribution in [0.3, 0.4) is 0 Å². The first-order chi connectivity index (χ1) is 9.60. The van der Waals surface area contributed by atoms with Gasteiger partial charge >= 0.3 is 0 Å². The summed E-state index contributed by atoms with van der Waals surface area (Å²) in [6, 6.07) is 10.9. The van der Waals surface area contributed by atoms with Gasteiger partial charge in [-0.15, -0.1) is 0 Å². The fourth-order valence-electron chi connectivity index (χ4n) is 1.52. The largest absolute Gasteiger partial charge is 0.504 e. The molecule has 2 aromatic rings. The minimum absolute atomic E-state index is 0.0809. The molecule has 0 unspecified atom stereocenters. The Labute approximate surface area is 133 Å². The fraction of sp³-hybridized carbons (Fsp3) is 0.0714. The highest BCUT2D eigenvalue weighted by atomic mass is 79.9. The molecular weight excluding hydrogens is 388 g/mol. The average Bonchev–Trinajstić information content (AvgIpc) is 2.43. The van der Waals surface area contributed by atoms with Gasteiger partial charge in [0.1, 0.15) is 0 Å². The number of hydrazone groups is 1. The molecule has 4 nitrogen and oxygen atoms in total. The Hall–Kier alpha value is -1.53. The molecule has 2 rings (SSSR count). The van der Waals surface area contributed by atoms with Crippen molar-refractivity contribution < 1.29 is 9.84 Å². The summed E-state index contributed by atoms with van der Waals surface area (Å²) in [5, 5.41) is 13.8. The van der Waals surface area contributed by atoms with Crippen molar-refractivity contribution in [1.82, 2.24) is 0 Å². The number of benzene rings is 2. The number of methoxy groups -OCH3 is 1. The highest BCUT2D eigenvalue weighted by molar-refractivity contribution is 9.10. The van der Waals surface area contributed by atoms with Gasteiger partial charge in [-0.05, 0) is 52.3 Å². The molecule has 0 radical (unpaired) electrons. The van der Waals surface area contributed by atoms with Crippen LogP contribution in [0.25, 0.3) is 0 Å². The molecule has 0 atom stereocenters. The third kappa shape index (κ3) is 3.74. The Morgan fingerprint density at radius 2 is 1.90 bits per heavy atom. The summed E-state index contributed by atoms with van der Waals surface area (Å²) < 4.78 is 6.81. The van der Waals surface area contributed by atoms with E-state index in [9.17, 15) is 5.11 Å². The number of ether oxygens (including phenoxy) is 1. The molecule has 104 valence electrons. The van der Waals surface area contributed by atoms with E-state index < -0.39 is 0 Å². The van der Waals surface area contributed by atoms with Crippen molar-refractivity contribution in [2.45, 2.75) is 0 Å². The molecule has 0 heterocycles. The van der Waals surface area contributed by atoms with Crippen LogP contribution in [0.1, 0.15) is 5.56 Å². The average molecular weight is 400 g/mol. The van der Waals surface area contributed by atoms with E-state index in [-0.39, 0.29) is 5.75 Å². The molecule has 2 aromatic carbocycles. The predicted octanol–water partition coefficient (Wildman–Crippen LogP) is 4.37. The van der Waals surface area contributed by atoms with Crippen molar-refractivity contribution >= 4 is 43.8 Å². The van der Waals surface area contributed by atoms with Crippen LogP contribution < -0.4 is 10.2 Å². The van der Waals surface area contributed by atoms with E-state index in [2.05, 4.69) is 42.4 Å². The quantitative estimate of drug-likeness (QED) is 0.592. The molecule has 6 heteroatoms. The number of phenols is 1. The third-order valence-electron chi connectivity index (χ3n) is 2.54. The first-order valence-electron chi connectivity index (χ1n) is 5.71. The molecule has 0 aliphatic carbocycles. The Morgan fingerprint density at radius 3 is 2.55 bits per heavy atom. The maximum Gasteiger partial charge on any atom is 0.161 e. The third-order valence-corrected chi connectivity index (χ3v) is 3.76. The Bertz CT molecular complexity index is 628. The zero-order valence-corrected chi connectivity index (χ0v) is 13.8. The van der Waals surface area contributed by atoms with Gasteiger partial charge in [0.2, 0.25) is 0 Å². The summed E-state index contributed by atoms with van der Waals surface area (Å²) in [5.41, 5.74) is 4.60. The number of anilines is 1. The summed E-state index contributed by atoms with van der Waals surface area (Å²) in [5.74, 6) is 0.482. The Balaban J connectivity index is 2.13. The van der Waals surface area contributed by atoms with E-state index in [1.54, 1.807) is 18.3 Å². The van der Waals surface area contributed by atoms with Crippen molar-refractivity contribution in [3.63, 3.8) is 0 Å². The number of rotatable bonds is 4. The van der Waals surface area contributed by atoms with E-state index >= 15 is 0 Å². The summed E-state index contributed by atoms with van der Waals surface area (Å²) >= 11 is 6.74. The van der Waals surface area contributed by atoms with Crippen molar-refractivity contribution in [3.05, 3.63) is 50.9 Å². The van der Waals surface area contributed by atoms with E-state index in [0.29, 0.717) is 5.75 Å². The highest BCUT2D eigenvalue weighted by Crippen LogP contribution is 2.31. The van der Waals surface area contributed by atoms with Gasteiger partial charge in [0.15, 0.2) is 11.5 Å². The van der Waals surface area contributed by atoms with Crippen LogP contribution in [-0.2, 0) is 0 Å². The normalized spacial score (nSPS) is 10.8. The molecule has 0 aliphatic heterocycles. The summed E-state index contributed by atoms with van der Waals surface area (Å²) in [4.78, 5) is 0. The van der Waals surface area contributed by atoms with Crippen LogP contribution in [0.2, 0.25) is 0 Å². The second kappa shape index (κ2) is 6.76. The zero-order chi connectivity index (χ0) is 14.5. The molecular formula is C14H12Br2N2O2. The minimum atomic E-state index is 0.0809. The van der Waals surface area contributed by atoms with Crippen LogP contribution in [0, 0.1) is 0 Å². The predicted molar refractivity (Wildman–Crippen MR) is 87.7 cm³/mol. The minimum Gasteiger partial charge on any atom is -0.504 e. The SMILES string of the molecule is COc1cc(C=NNc2ccc(Br)cc2)c(Br)cc1O. The molecule has 0 amide bonds. The number of nitrogens with zero attached hydrogens (tertiary/aromatic N) is 1. The summed E-state index contributed by atoms with van der Waals surface area (Å²) in [6.45, 7) is 0. The fourth-order valence-corrected chi connectivity index (χ4v) is 2.22. The molecule has 2 N–H and O–H groups in total. The summed E-state index contributed by atoms with van der Waals surface area (Å²) in [7, 11) is 1.50. The molecule has 0 fully saturated rings. The van der Waals surface area contributed by atoms with Gasteiger partial charge in [-0.3, -0.25) is 5.43 Å². The lowest BCUT2D eigenvalue weighted by Crippen LogP contribution is -1.93. The van der Waals surface area contributed by atoms with Crippen molar-refractivity contribution in [1.29, 1.82) is 0 Å². The van der Waals surface area contributed by atoms with Crippen molar-refractivity contribution in [2.24, 2.45) is 5.10 Å². The smallest absolute Gasteiger partial charge is 0.161 e. The molecule has 0 aromatic heterocycles. The number of nitrogens with one attached hydrogen (secondary N) is 1. The monoisotopic (exact) mass is 398 g/mol. The summed E-state index contributed by atoms with van der Waals surface area (Å²) in [6.07, 6.45) is 1.65. The van der Waals surface area contributed by atoms with Crippen molar-refractivity contribution in [3.8, 4) is 11.5 Å². The molecule has 0 aliphatic rings. The second-order valence-electron chi connectivity index (χ2n) is 3.92. The van der Waals surface area contributed by atoms with Crippen LogP contribution in [-0.4, -0.2) is 18.4 Å². The topological polar surface area (TPSA) is 53.8 Å². The number of hydrogen-bond donors (Lipinski definition) is 2. The van der Waals surface area contributed by atoms with Gasteiger partial charge in [0.25, 0.3) is 0 Å². The maximum absolute atomic E-state index is 9.63. The Kier molecular flexibility index (Phi) is 5.03.